The van der Waals surface area contributed by atoms with Crippen molar-refractivity contribution >= 4 is 17.7 Å². The molecule has 0 unspecified atom stereocenters. The van der Waals surface area contributed by atoms with Crippen molar-refractivity contribution in [3.8, 4) is 0 Å². The van der Waals surface area contributed by atoms with E-state index >= 15 is 0 Å². The van der Waals surface area contributed by atoms with Crippen LogP contribution in [0.5, 0.6) is 0 Å². The zero-order valence-corrected chi connectivity index (χ0v) is 21.1. The van der Waals surface area contributed by atoms with E-state index in [2.05, 4.69) is 29.6 Å². The third-order valence-electron chi connectivity index (χ3n) is 6.97. The number of aryl methyl sites for hydroxylation is 1. The Bertz CT molecular complexity index is 844. The highest BCUT2D eigenvalue weighted by Crippen LogP contribution is 2.38. The van der Waals surface area contributed by atoms with Crippen LogP contribution < -0.4 is 10.6 Å². The molecule has 2 N–H and O–H groups in total. The Morgan fingerprint density at radius 2 is 1.91 bits per heavy atom. The van der Waals surface area contributed by atoms with Crippen LogP contribution in [0.4, 0.5) is 0 Å². The Balaban J connectivity index is 1.75. The fraction of sp³-hybridized carbons (Fsp3) is 0.760. The Labute approximate surface area is 203 Å². The summed E-state index contributed by atoms with van der Waals surface area (Å²) >= 11 is 0. The largest absolute Gasteiger partial charge is 0.379 e. The first-order valence-corrected chi connectivity index (χ1v) is 12.7. The second-order valence-corrected chi connectivity index (χ2v) is 10.4. The summed E-state index contributed by atoms with van der Waals surface area (Å²) in [6.07, 6.45) is 8.65. The molecule has 9 heteroatoms. The van der Waals surface area contributed by atoms with E-state index in [1.165, 1.54) is 0 Å². The molecule has 0 aliphatic carbocycles. The van der Waals surface area contributed by atoms with Gasteiger partial charge in [0.25, 0.3) is 5.91 Å². The molecule has 2 fully saturated rings. The third-order valence-corrected chi connectivity index (χ3v) is 6.97. The monoisotopic (exact) mass is 475 g/mol. The SMILES string of the molecule is CC(C)C[C@@H]1NC(=O)C2(CCCCCOC[C@@H](C)NC1=O)CCN(C(=O)c1cnn(C)c1)CC2. The second kappa shape index (κ2) is 11.8. The Hall–Kier alpha value is -2.42. The minimum absolute atomic E-state index is 0.0487. The molecule has 1 spiro atoms. The van der Waals surface area contributed by atoms with Crippen LogP contribution in [0, 0.1) is 11.3 Å². The molecule has 0 aromatic carbocycles. The maximum absolute atomic E-state index is 13.7. The van der Waals surface area contributed by atoms with Crippen LogP contribution in [-0.2, 0) is 21.4 Å². The van der Waals surface area contributed by atoms with Gasteiger partial charge in [0.15, 0.2) is 0 Å². The van der Waals surface area contributed by atoms with Crippen molar-refractivity contribution in [2.24, 2.45) is 18.4 Å². The maximum Gasteiger partial charge on any atom is 0.257 e. The molecule has 34 heavy (non-hydrogen) atoms. The summed E-state index contributed by atoms with van der Waals surface area (Å²) in [7, 11) is 1.79. The lowest BCUT2D eigenvalue weighted by Gasteiger charge is -2.41. The van der Waals surface area contributed by atoms with Crippen LogP contribution in [0.2, 0.25) is 0 Å². The molecule has 3 heterocycles. The number of hydrogen-bond donors (Lipinski definition) is 2. The predicted octanol–water partition coefficient (Wildman–Crippen LogP) is 2.27. The number of amides is 3. The Morgan fingerprint density at radius 3 is 2.56 bits per heavy atom. The van der Waals surface area contributed by atoms with E-state index in [0.717, 1.165) is 25.7 Å². The molecule has 0 saturated carbocycles. The van der Waals surface area contributed by atoms with Crippen molar-refractivity contribution in [3.05, 3.63) is 18.0 Å². The van der Waals surface area contributed by atoms with Crippen LogP contribution in [0.1, 0.15) is 76.1 Å². The minimum Gasteiger partial charge on any atom is -0.379 e. The summed E-state index contributed by atoms with van der Waals surface area (Å²) < 4.78 is 7.36. The molecule has 1 aromatic heterocycles. The van der Waals surface area contributed by atoms with Crippen LogP contribution >= 0.6 is 0 Å². The average molecular weight is 476 g/mol. The van der Waals surface area contributed by atoms with Crippen LogP contribution in [0.25, 0.3) is 0 Å². The minimum atomic E-state index is -0.579. The first kappa shape index (κ1) is 26.2. The van der Waals surface area contributed by atoms with Gasteiger partial charge in [0, 0.05) is 39.0 Å². The van der Waals surface area contributed by atoms with E-state index in [1.54, 1.807) is 24.1 Å². The van der Waals surface area contributed by atoms with E-state index in [9.17, 15) is 14.4 Å². The molecule has 3 amide bonds. The van der Waals surface area contributed by atoms with Gasteiger partial charge >= 0.3 is 0 Å². The third kappa shape index (κ3) is 6.81. The number of hydrogen-bond acceptors (Lipinski definition) is 5. The van der Waals surface area contributed by atoms with Gasteiger partial charge in [-0.2, -0.15) is 5.10 Å². The van der Waals surface area contributed by atoms with Gasteiger partial charge in [-0.15, -0.1) is 0 Å². The normalized spacial score (nSPS) is 25.0. The van der Waals surface area contributed by atoms with Crippen LogP contribution in [0.15, 0.2) is 12.4 Å². The number of carbonyl (C=O) groups is 3. The summed E-state index contributed by atoms with van der Waals surface area (Å²) in [5.41, 5.74) is -0.00522. The first-order chi connectivity index (χ1) is 16.2. The molecule has 2 aliphatic heterocycles. The Kier molecular flexibility index (Phi) is 9.10. The van der Waals surface area contributed by atoms with Crippen LogP contribution in [0.3, 0.4) is 0 Å². The lowest BCUT2D eigenvalue weighted by Crippen LogP contribution is -2.56. The van der Waals surface area contributed by atoms with Gasteiger partial charge in [0.1, 0.15) is 6.04 Å². The van der Waals surface area contributed by atoms with Gasteiger partial charge < -0.3 is 20.3 Å². The summed E-state index contributed by atoms with van der Waals surface area (Å²) in [6.45, 7) is 8.19. The van der Waals surface area contributed by atoms with Crippen molar-refractivity contribution in [3.63, 3.8) is 0 Å². The molecule has 3 rings (SSSR count). The van der Waals surface area contributed by atoms with Gasteiger partial charge in [-0.3, -0.25) is 19.1 Å². The molecule has 1 aromatic rings. The fourth-order valence-corrected chi connectivity index (χ4v) is 4.95. The molecule has 190 valence electrons. The number of carbonyl (C=O) groups excluding carboxylic acids is 3. The zero-order chi connectivity index (χ0) is 24.7. The highest BCUT2D eigenvalue weighted by molar-refractivity contribution is 5.94. The smallest absolute Gasteiger partial charge is 0.257 e. The number of ether oxygens (including phenoxy) is 1. The number of nitrogens with one attached hydrogen (secondary N) is 2. The van der Waals surface area contributed by atoms with E-state index in [0.29, 0.717) is 51.1 Å². The summed E-state index contributed by atoms with van der Waals surface area (Å²) in [4.78, 5) is 41.4. The van der Waals surface area contributed by atoms with Crippen molar-refractivity contribution in [2.45, 2.75) is 77.8 Å². The van der Waals surface area contributed by atoms with Crippen LogP contribution in [-0.4, -0.2) is 70.8 Å². The first-order valence-electron chi connectivity index (χ1n) is 12.7. The van der Waals surface area contributed by atoms with E-state index in [-0.39, 0.29) is 29.7 Å². The van der Waals surface area contributed by atoms with Crippen molar-refractivity contribution in [1.29, 1.82) is 0 Å². The quantitative estimate of drug-likeness (QED) is 0.698. The van der Waals surface area contributed by atoms with Gasteiger partial charge in [-0.1, -0.05) is 26.7 Å². The lowest BCUT2D eigenvalue weighted by molar-refractivity contribution is -0.138. The number of nitrogens with zero attached hydrogens (tertiary/aromatic N) is 3. The molecule has 0 radical (unpaired) electrons. The number of aromatic nitrogens is 2. The van der Waals surface area contributed by atoms with Gasteiger partial charge in [0.2, 0.25) is 11.8 Å². The lowest BCUT2D eigenvalue weighted by atomic mass is 9.73. The number of rotatable bonds is 3. The van der Waals surface area contributed by atoms with Gasteiger partial charge in [-0.25, -0.2) is 0 Å². The van der Waals surface area contributed by atoms with Gasteiger partial charge in [0.05, 0.1) is 23.8 Å². The number of piperidine rings is 1. The molecule has 0 bridgehead atoms. The number of likely N-dealkylation sites (tertiary alicyclic amines) is 1. The molecular formula is C25H41N5O4. The maximum atomic E-state index is 13.7. The van der Waals surface area contributed by atoms with Crippen molar-refractivity contribution in [1.82, 2.24) is 25.3 Å². The van der Waals surface area contributed by atoms with E-state index < -0.39 is 11.5 Å². The standard InChI is InChI=1S/C25H41N5O4/c1-18(2)14-21-22(31)27-19(3)17-34-13-7-5-6-8-25(24(33)28-21)9-11-30(12-10-25)23(32)20-15-26-29(4)16-20/h15-16,18-19,21H,5-14,17H2,1-4H3,(H,27,31)(H,28,33)/t19-,21+/m1/s1. The summed E-state index contributed by atoms with van der Waals surface area (Å²) in [5, 5.41) is 10.2. The van der Waals surface area contributed by atoms with Crippen molar-refractivity contribution < 1.29 is 19.1 Å². The summed E-state index contributed by atoms with van der Waals surface area (Å²) in [5.74, 6) is 0.00105. The van der Waals surface area contributed by atoms with Crippen molar-refractivity contribution in [2.75, 3.05) is 26.3 Å². The molecular weight excluding hydrogens is 434 g/mol. The topological polar surface area (TPSA) is 106 Å². The predicted molar refractivity (Wildman–Crippen MR) is 129 cm³/mol. The molecule has 2 saturated heterocycles. The van der Waals surface area contributed by atoms with Gasteiger partial charge in [-0.05, 0) is 44.9 Å². The average Bonchev–Trinajstić information content (AvgIpc) is 3.23. The molecule has 9 nitrogen and oxygen atoms in total. The zero-order valence-electron chi connectivity index (χ0n) is 21.1. The Morgan fingerprint density at radius 1 is 1.18 bits per heavy atom. The highest BCUT2D eigenvalue weighted by atomic mass is 16.5. The van der Waals surface area contributed by atoms with E-state index in [1.807, 2.05) is 11.8 Å². The molecule has 2 atom stereocenters. The highest BCUT2D eigenvalue weighted by Gasteiger charge is 2.43. The second-order valence-electron chi connectivity index (χ2n) is 10.4. The fourth-order valence-electron chi connectivity index (χ4n) is 4.95. The molecule has 2 aliphatic rings. The van der Waals surface area contributed by atoms with E-state index in [4.69, 9.17) is 4.74 Å². The summed E-state index contributed by atoms with van der Waals surface area (Å²) in [6, 6.07) is -0.692.